The van der Waals surface area contributed by atoms with Gasteiger partial charge in [-0.25, -0.2) is 0 Å². The maximum absolute atomic E-state index is 11.7. The Morgan fingerprint density at radius 3 is 1.87 bits per heavy atom. The second-order valence-corrected chi connectivity index (χ2v) is 6.77. The summed E-state index contributed by atoms with van der Waals surface area (Å²) in [4.78, 5) is 23.0. The average molecular weight is 328 g/mol. The minimum atomic E-state index is -0.0786. The van der Waals surface area contributed by atoms with Gasteiger partial charge in [-0.05, 0) is 38.5 Å². The van der Waals surface area contributed by atoms with Crippen molar-refractivity contribution in [3.8, 4) is 0 Å². The van der Waals surface area contributed by atoms with Crippen LogP contribution in [0.15, 0.2) is 0 Å². The third-order valence-electron chi connectivity index (χ3n) is 3.61. The van der Waals surface area contributed by atoms with Crippen LogP contribution >= 0.6 is 0 Å². The molecule has 1 unspecified atom stereocenters. The lowest BCUT2D eigenvalue weighted by atomic mass is 10.1. The molecule has 0 aliphatic rings. The van der Waals surface area contributed by atoms with Crippen LogP contribution in [-0.4, -0.2) is 24.6 Å². The molecule has 136 valence electrons. The van der Waals surface area contributed by atoms with Crippen LogP contribution in [-0.2, 0) is 19.1 Å². The Hall–Kier alpha value is -1.06. The maximum Gasteiger partial charge on any atom is 0.306 e. The van der Waals surface area contributed by atoms with Crippen LogP contribution in [0.3, 0.4) is 0 Å². The minimum Gasteiger partial charge on any atom is -0.466 e. The van der Waals surface area contributed by atoms with Crippen LogP contribution in [0.1, 0.15) is 91.9 Å². The number of carbonyl (C=O) groups is 2. The number of esters is 2. The van der Waals surface area contributed by atoms with Crippen molar-refractivity contribution in [3.63, 3.8) is 0 Å². The Morgan fingerprint density at radius 2 is 1.35 bits per heavy atom. The van der Waals surface area contributed by atoms with E-state index in [-0.39, 0.29) is 18.0 Å². The van der Waals surface area contributed by atoms with E-state index in [1.807, 2.05) is 13.8 Å². The van der Waals surface area contributed by atoms with Crippen molar-refractivity contribution in [2.45, 2.75) is 98.0 Å². The molecule has 0 aliphatic carbocycles. The largest absolute Gasteiger partial charge is 0.466 e. The molecule has 0 bridgehead atoms. The first-order chi connectivity index (χ1) is 11.0. The van der Waals surface area contributed by atoms with Crippen LogP contribution < -0.4 is 0 Å². The number of carbonyl (C=O) groups excluding carboxylic acids is 2. The third kappa shape index (κ3) is 15.6. The fourth-order valence-corrected chi connectivity index (χ4v) is 2.53. The quantitative estimate of drug-likeness (QED) is 0.331. The van der Waals surface area contributed by atoms with Crippen molar-refractivity contribution in [1.82, 2.24) is 0 Å². The first-order valence-corrected chi connectivity index (χ1v) is 9.30. The molecule has 0 fully saturated rings. The van der Waals surface area contributed by atoms with Crippen LogP contribution in [0.25, 0.3) is 0 Å². The minimum absolute atomic E-state index is 0.0231. The number of ether oxygens (including phenoxy) is 2. The topological polar surface area (TPSA) is 52.6 Å². The van der Waals surface area contributed by atoms with E-state index < -0.39 is 0 Å². The van der Waals surface area contributed by atoms with Gasteiger partial charge in [-0.1, -0.05) is 46.5 Å². The van der Waals surface area contributed by atoms with Gasteiger partial charge in [-0.15, -0.1) is 0 Å². The zero-order valence-corrected chi connectivity index (χ0v) is 15.6. The molecular formula is C19H36O4. The second kappa shape index (κ2) is 14.5. The van der Waals surface area contributed by atoms with Gasteiger partial charge in [0.25, 0.3) is 0 Å². The smallest absolute Gasteiger partial charge is 0.306 e. The Bertz CT molecular complexity index is 312. The molecule has 0 aromatic carbocycles. The van der Waals surface area contributed by atoms with Crippen LogP contribution in [0.5, 0.6) is 0 Å². The molecule has 4 nitrogen and oxygen atoms in total. The molecule has 0 saturated carbocycles. The highest BCUT2D eigenvalue weighted by Crippen LogP contribution is 2.12. The zero-order valence-electron chi connectivity index (χ0n) is 15.6. The molecule has 23 heavy (non-hydrogen) atoms. The molecule has 0 aromatic rings. The van der Waals surface area contributed by atoms with Crippen LogP contribution in [0.2, 0.25) is 0 Å². The van der Waals surface area contributed by atoms with Gasteiger partial charge < -0.3 is 9.47 Å². The molecule has 4 heteroatoms. The van der Waals surface area contributed by atoms with Crippen molar-refractivity contribution < 1.29 is 19.1 Å². The molecule has 0 saturated heterocycles. The Kier molecular flexibility index (Phi) is 13.9. The molecule has 0 amide bonds. The number of rotatable bonds is 14. The summed E-state index contributed by atoms with van der Waals surface area (Å²) in [6.07, 6.45) is 8.99. The summed E-state index contributed by atoms with van der Waals surface area (Å²) in [5, 5.41) is 0. The molecule has 0 rings (SSSR count). The first kappa shape index (κ1) is 21.9. The molecule has 1 atom stereocenters. The molecule has 0 N–H and O–H groups in total. The lowest BCUT2D eigenvalue weighted by Gasteiger charge is -2.15. The average Bonchev–Trinajstić information content (AvgIpc) is 2.46. The highest BCUT2D eigenvalue weighted by atomic mass is 16.5. The normalized spacial score (nSPS) is 12.2. The van der Waals surface area contributed by atoms with Crippen LogP contribution in [0.4, 0.5) is 0 Å². The Balaban J connectivity index is 3.38. The lowest BCUT2D eigenvalue weighted by Crippen LogP contribution is -2.16. The van der Waals surface area contributed by atoms with Gasteiger partial charge in [0.1, 0.15) is 0 Å². The Morgan fingerprint density at radius 1 is 0.826 bits per heavy atom. The molecule has 0 heterocycles. The predicted molar refractivity (Wildman–Crippen MR) is 93.2 cm³/mol. The van der Waals surface area contributed by atoms with E-state index in [4.69, 9.17) is 9.47 Å². The summed E-state index contributed by atoms with van der Waals surface area (Å²) in [7, 11) is 0. The van der Waals surface area contributed by atoms with E-state index in [1.54, 1.807) is 0 Å². The van der Waals surface area contributed by atoms with E-state index in [2.05, 4.69) is 13.8 Å². The molecule has 0 aromatic heterocycles. The molecular weight excluding hydrogens is 292 g/mol. The molecule has 0 spiro atoms. The van der Waals surface area contributed by atoms with Crippen molar-refractivity contribution in [3.05, 3.63) is 0 Å². The fraction of sp³-hybridized carbons (Fsp3) is 0.895. The summed E-state index contributed by atoms with van der Waals surface area (Å²) in [5.74, 6) is 0.402. The second-order valence-electron chi connectivity index (χ2n) is 6.77. The van der Waals surface area contributed by atoms with Crippen LogP contribution in [0, 0.1) is 5.92 Å². The van der Waals surface area contributed by atoms with Crippen molar-refractivity contribution >= 4 is 11.9 Å². The SMILES string of the molecule is CCCOC(=O)CCCCCCCCC(=O)OC(C)CC(C)C. The van der Waals surface area contributed by atoms with E-state index in [0.717, 1.165) is 51.4 Å². The van der Waals surface area contributed by atoms with Crippen molar-refractivity contribution in [1.29, 1.82) is 0 Å². The van der Waals surface area contributed by atoms with Gasteiger partial charge in [0.2, 0.25) is 0 Å². The van der Waals surface area contributed by atoms with Crippen molar-refractivity contribution in [2.24, 2.45) is 5.92 Å². The first-order valence-electron chi connectivity index (χ1n) is 9.30. The van der Waals surface area contributed by atoms with Gasteiger partial charge in [-0.3, -0.25) is 9.59 Å². The highest BCUT2D eigenvalue weighted by molar-refractivity contribution is 5.69. The summed E-state index contributed by atoms with van der Waals surface area (Å²) < 4.78 is 10.4. The summed E-state index contributed by atoms with van der Waals surface area (Å²) in [6.45, 7) is 8.75. The third-order valence-corrected chi connectivity index (χ3v) is 3.61. The summed E-state index contributed by atoms with van der Waals surface area (Å²) in [5.41, 5.74) is 0. The van der Waals surface area contributed by atoms with Gasteiger partial charge in [0.05, 0.1) is 12.7 Å². The number of hydrogen-bond acceptors (Lipinski definition) is 4. The summed E-state index contributed by atoms with van der Waals surface area (Å²) >= 11 is 0. The molecule has 0 radical (unpaired) electrons. The monoisotopic (exact) mass is 328 g/mol. The molecule has 0 aliphatic heterocycles. The zero-order chi connectivity index (χ0) is 17.5. The maximum atomic E-state index is 11.7. The summed E-state index contributed by atoms with van der Waals surface area (Å²) in [6, 6.07) is 0. The van der Waals surface area contributed by atoms with Gasteiger partial charge in [0, 0.05) is 12.8 Å². The fourth-order valence-electron chi connectivity index (χ4n) is 2.53. The Labute approximate surface area is 142 Å². The van der Waals surface area contributed by atoms with Gasteiger partial charge in [-0.2, -0.15) is 0 Å². The van der Waals surface area contributed by atoms with Gasteiger partial charge >= 0.3 is 11.9 Å². The van der Waals surface area contributed by atoms with E-state index in [1.165, 1.54) is 0 Å². The number of hydrogen-bond donors (Lipinski definition) is 0. The lowest BCUT2D eigenvalue weighted by molar-refractivity contribution is -0.149. The standard InChI is InChI=1S/C19H36O4/c1-5-14-22-18(20)12-10-8-6-7-9-11-13-19(21)23-17(4)15-16(2)3/h16-17H,5-15H2,1-4H3. The van der Waals surface area contributed by atoms with E-state index >= 15 is 0 Å². The van der Waals surface area contributed by atoms with E-state index in [0.29, 0.717) is 25.4 Å². The highest BCUT2D eigenvalue weighted by Gasteiger charge is 2.10. The predicted octanol–water partition coefficient (Wildman–Crippen LogP) is 5.04. The van der Waals surface area contributed by atoms with Crippen molar-refractivity contribution in [2.75, 3.05) is 6.61 Å². The number of unbranched alkanes of at least 4 members (excludes halogenated alkanes) is 5. The van der Waals surface area contributed by atoms with Gasteiger partial charge in [0.15, 0.2) is 0 Å². The van der Waals surface area contributed by atoms with E-state index in [9.17, 15) is 9.59 Å².